The molecule has 1 atom stereocenters. The van der Waals surface area contributed by atoms with Gasteiger partial charge in [0.25, 0.3) is 5.91 Å². The number of fused-ring (bicyclic) bond motifs is 1. The smallest absolute Gasteiger partial charge is 0.259 e. The molecule has 0 bridgehead atoms. The second kappa shape index (κ2) is 8.68. The first-order valence-electron chi connectivity index (χ1n) is 8.36. The molecule has 8 nitrogen and oxygen atoms in total. The lowest BCUT2D eigenvalue weighted by Crippen LogP contribution is -2.39. The van der Waals surface area contributed by atoms with E-state index >= 15 is 0 Å². The van der Waals surface area contributed by atoms with Gasteiger partial charge in [-0.05, 0) is 37.0 Å². The number of hydrogen-bond donors (Lipinski definition) is 5. The van der Waals surface area contributed by atoms with Crippen LogP contribution in [0.1, 0.15) is 17.5 Å². The molecule has 2 rings (SSSR count). The number of nitrogens with one attached hydrogen (secondary N) is 2. The van der Waals surface area contributed by atoms with Gasteiger partial charge in [0, 0.05) is 24.9 Å². The van der Waals surface area contributed by atoms with Gasteiger partial charge in [0.15, 0.2) is 0 Å². The zero-order valence-electron chi connectivity index (χ0n) is 15.0. The van der Waals surface area contributed by atoms with E-state index in [0.29, 0.717) is 18.0 Å². The average Bonchev–Trinajstić information content (AvgIpc) is 2.58. The lowest BCUT2D eigenvalue weighted by atomic mass is 9.94. The average molecular weight is 383 g/mol. The third kappa shape index (κ3) is 5.32. The highest BCUT2D eigenvalue weighted by Gasteiger charge is 2.21. The van der Waals surface area contributed by atoms with Gasteiger partial charge in [0.05, 0.1) is 13.1 Å². The lowest BCUT2D eigenvalue weighted by molar-refractivity contribution is -0.163. The summed E-state index contributed by atoms with van der Waals surface area (Å²) >= 11 is 0. The number of hydrogen-bond acceptors (Lipinski definition) is 7. The molecule has 1 unspecified atom stereocenters. The highest BCUT2D eigenvalue weighted by Crippen LogP contribution is 2.40. The molecule has 144 valence electrons. The van der Waals surface area contributed by atoms with Crippen molar-refractivity contribution in [2.75, 3.05) is 33.0 Å². The first-order valence-corrected chi connectivity index (χ1v) is 11.0. The second-order valence-electron chi connectivity index (χ2n) is 6.67. The predicted molar refractivity (Wildman–Crippen MR) is 99.4 cm³/mol. The minimum absolute atomic E-state index is 0.0141. The summed E-state index contributed by atoms with van der Waals surface area (Å²) in [6, 6.07) is 5.29. The quantitative estimate of drug-likeness (QED) is 0.258. The minimum Gasteiger partial charge on any atom is -0.507 e. The topological polar surface area (TPSA) is 122 Å². The van der Waals surface area contributed by atoms with Gasteiger partial charge in [-0.25, -0.2) is 5.06 Å². The molecule has 1 heterocycles. The van der Waals surface area contributed by atoms with Crippen molar-refractivity contribution in [1.29, 1.82) is 0 Å². The zero-order valence-corrected chi connectivity index (χ0v) is 15.9. The van der Waals surface area contributed by atoms with E-state index in [0.717, 1.165) is 16.7 Å². The van der Waals surface area contributed by atoms with Crippen LogP contribution >= 0.6 is 7.14 Å². The van der Waals surface area contributed by atoms with Gasteiger partial charge < -0.3 is 25.4 Å². The van der Waals surface area contributed by atoms with Gasteiger partial charge in [0.1, 0.15) is 18.7 Å². The van der Waals surface area contributed by atoms with Crippen LogP contribution in [0.15, 0.2) is 24.4 Å². The predicted octanol–water partition coefficient (Wildman–Crippen LogP) is 0.975. The number of phenolic OH excluding ortho intramolecular Hbond substituents is 1. The Kier molecular flexibility index (Phi) is 6.83. The summed E-state index contributed by atoms with van der Waals surface area (Å²) in [6.45, 7) is 3.45. The molecule has 0 spiro atoms. The standard InChI is InChI=1S/C17H26N3O5P/c1-26(2,25)16(23)11-19-10-15(22)20(24)7-6-13-9-18-8-12-4-3-5-14(21)17(12)13/h3-5,9,16,18-19,21,23-24H,6-8,10-11H2,1-2H3. The van der Waals surface area contributed by atoms with Crippen molar-refractivity contribution in [3.8, 4) is 5.75 Å². The molecule has 0 saturated heterocycles. The van der Waals surface area contributed by atoms with Gasteiger partial charge >= 0.3 is 0 Å². The number of amides is 1. The SMILES string of the molecule is CP(C)(=O)C(O)CNCC(=O)N(O)CCC1=CNCc2cccc(O)c21. The Hall–Kier alpha value is -1.86. The second-order valence-corrected chi connectivity index (χ2v) is 10.1. The van der Waals surface area contributed by atoms with E-state index in [1.807, 2.05) is 6.07 Å². The molecule has 1 amide bonds. The van der Waals surface area contributed by atoms with E-state index in [9.17, 15) is 24.8 Å². The summed E-state index contributed by atoms with van der Waals surface area (Å²) in [5, 5.41) is 36.1. The third-order valence-electron chi connectivity index (χ3n) is 4.22. The van der Waals surface area contributed by atoms with E-state index in [2.05, 4.69) is 10.6 Å². The number of phenols is 1. The molecule has 1 aromatic rings. The summed E-state index contributed by atoms with van der Waals surface area (Å²) in [4.78, 5) is 11.9. The van der Waals surface area contributed by atoms with Crippen LogP contribution < -0.4 is 10.6 Å². The zero-order chi connectivity index (χ0) is 19.3. The summed E-state index contributed by atoms with van der Waals surface area (Å²) < 4.78 is 11.7. The molecule has 0 aromatic heterocycles. The Morgan fingerprint density at radius 2 is 2.15 bits per heavy atom. The minimum atomic E-state index is -2.64. The molecule has 1 aromatic carbocycles. The molecule has 26 heavy (non-hydrogen) atoms. The Bertz CT molecular complexity index is 731. The Labute approximate surface area is 152 Å². The van der Waals surface area contributed by atoms with Gasteiger partial charge in [-0.1, -0.05) is 12.1 Å². The Balaban J connectivity index is 1.84. The molecule has 9 heteroatoms. The van der Waals surface area contributed by atoms with E-state index < -0.39 is 18.9 Å². The van der Waals surface area contributed by atoms with E-state index in [1.54, 1.807) is 18.3 Å². The fourth-order valence-corrected chi connectivity index (χ4v) is 3.20. The summed E-state index contributed by atoms with van der Waals surface area (Å²) in [6.07, 6.45) is 2.14. The van der Waals surface area contributed by atoms with Crippen molar-refractivity contribution < 1.29 is 24.8 Å². The van der Waals surface area contributed by atoms with Gasteiger partial charge in [-0.3, -0.25) is 10.0 Å². The molecule has 0 fully saturated rings. The number of carbonyl (C=O) groups excluding carboxylic acids is 1. The van der Waals surface area contributed by atoms with Gasteiger partial charge in [-0.15, -0.1) is 0 Å². The fraction of sp³-hybridized carbons (Fsp3) is 0.471. The van der Waals surface area contributed by atoms with E-state index in [4.69, 9.17) is 0 Å². The first-order chi connectivity index (χ1) is 12.2. The van der Waals surface area contributed by atoms with Crippen LogP contribution in [0.2, 0.25) is 0 Å². The number of nitrogens with zero attached hydrogens (tertiary/aromatic N) is 1. The normalized spacial score (nSPS) is 14.8. The number of carbonyl (C=O) groups is 1. The number of benzene rings is 1. The van der Waals surface area contributed by atoms with Gasteiger partial charge in [-0.2, -0.15) is 0 Å². The van der Waals surface area contributed by atoms with Crippen LogP contribution in [0, 0.1) is 0 Å². The molecule has 0 aliphatic carbocycles. The van der Waals surface area contributed by atoms with Crippen LogP contribution in [-0.2, 0) is 15.9 Å². The fourth-order valence-electron chi connectivity index (χ4n) is 2.63. The number of hydroxylamine groups is 2. The summed E-state index contributed by atoms with van der Waals surface area (Å²) in [5.74, 6) is -1.41. The largest absolute Gasteiger partial charge is 0.507 e. The molecular formula is C17H26N3O5P. The maximum atomic E-state index is 11.9. The van der Waals surface area contributed by atoms with Crippen LogP contribution in [0.4, 0.5) is 0 Å². The van der Waals surface area contributed by atoms with Crippen LogP contribution in [0.25, 0.3) is 5.57 Å². The van der Waals surface area contributed by atoms with Crippen LogP contribution in [0.5, 0.6) is 5.75 Å². The Morgan fingerprint density at radius 1 is 1.42 bits per heavy atom. The van der Waals surface area contributed by atoms with E-state index in [-0.39, 0.29) is 25.4 Å². The molecule has 0 saturated carbocycles. The monoisotopic (exact) mass is 383 g/mol. The maximum absolute atomic E-state index is 11.9. The molecule has 1 aliphatic heterocycles. The lowest BCUT2D eigenvalue weighted by Gasteiger charge is -2.22. The molecule has 1 aliphatic rings. The third-order valence-corrected chi connectivity index (χ3v) is 5.84. The summed E-state index contributed by atoms with van der Waals surface area (Å²) in [5.41, 5.74) is 2.49. The van der Waals surface area contributed by atoms with Crippen molar-refractivity contribution in [3.05, 3.63) is 35.5 Å². The number of aromatic hydroxyl groups is 1. The number of aliphatic hydroxyl groups is 1. The highest BCUT2D eigenvalue weighted by atomic mass is 31.2. The van der Waals surface area contributed by atoms with Crippen molar-refractivity contribution in [2.45, 2.75) is 18.8 Å². The number of rotatable bonds is 8. The van der Waals surface area contributed by atoms with Crippen LogP contribution in [-0.4, -0.2) is 65.2 Å². The van der Waals surface area contributed by atoms with Crippen LogP contribution in [0.3, 0.4) is 0 Å². The number of aliphatic hydroxyl groups excluding tert-OH is 1. The van der Waals surface area contributed by atoms with Crippen molar-refractivity contribution in [3.63, 3.8) is 0 Å². The molecule has 5 N–H and O–H groups in total. The van der Waals surface area contributed by atoms with E-state index in [1.165, 1.54) is 13.3 Å². The highest BCUT2D eigenvalue weighted by molar-refractivity contribution is 7.62. The molecule has 0 radical (unpaired) electrons. The maximum Gasteiger partial charge on any atom is 0.259 e. The van der Waals surface area contributed by atoms with Crippen molar-refractivity contribution in [2.24, 2.45) is 0 Å². The first kappa shape index (κ1) is 20.5. The van der Waals surface area contributed by atoms with Crippen molar-refractivity contribution in [1.82, 2.24) is 15.7 Å². The summed E-state index contributed by atoms with van der Waals surface area (Å²) in [7, 11) is -2.64. The molecular weight excluding hydrogens is 357 g/mol. The van der Waals surface area contributed by atoms with Gasteiger partial charge in [0.2, 0.25) is 0 Å². The Morgan fingerprint density at radius 3 is 2.85 bits per heavy atom. The van der Waals surface area contributed by atoms with Crippen molar-refractivity contribution >= 4 is 18.6 Å².